The third kappa shape index (κ3) is 10.4. The summed E-state index contributed by atoms with van der Waals surface area (Å²) in [4.78, 5) is 13.4. The minimum absolute atomic E-state index is 0.0220. The van der Waals surface area contributed by atoms with Crippen molar-refractivity contribution >= 4 is 17.7 Å². The zero-order valence-corrected chi connectivity index (χ0v) is 30.6. The van der Waals surface area contributed by atoms with Crippen LogP contribution in [0.2, 0.25) is 0 Å². The van der Waals surface area contributed by atoms with Gasteiger partial charge in [-0.3, -0.25) is 4.79 Å². The molecule has 4 rings (SSSR count). The van der Waals surface area contributed by atoms with E-state index in [9.17, 15) is 4.79 Å². The normalized spacial score (nSPS) is 32.5. The van der Waals surface area contributed by atoms with Crippen molar-refractivity contribution in [2.75, 3.05) is 12.4 Å². The summed E-state index contributed by atoms with van der Waals surface area (Å²) < 4.78 is 25.6. The van der Waals surface area contributed by atoms with Crippen LogP contribution >= 0.6 is 11.8 Å². The summed E-state index contributed by atoms with van der Waals surface area (Å²) >= 11 is 1.96. The van der Waals surface area contributed by atoms with Gasteiger partial charge in [-0.15, -0.1) is 11.8 Å². The van der Waals surface area contributed by atoms with Crippen LogP contribution in [0.4, 0.5) is 0 Å². The van der Waals surface area contributed by atoms with Gasteiger partial charge >= 0.3 is 5.97 Å². The van der Waals surface area contributed by atoms with Gasteiger partial charge in [-0.2, -0.15) is 0 Å². The van der Waals surface area contributed by atoms with E-state index in [1.807, 2.05) is 32.5 Å². The predicted molar refractivity (Wildman–Crippen MR) is 190 cm³/mol. The quantitative estimate of drug-likeness (QED) is 0.0812. The van der Waals surface area contributed by atoms with Crippen molar-refractivity contribution in [3.05, 3.63) is 54.6 Å². The standard InChI is InChI=1S/C40H62O5S/c1-10-26(2)21-36-30(6)34(25-46-33-16-12-11-13-17-33)38(45-36)24-37-29(5)27(3)22-32(44-37)18-19-35-28(4)23-31(43-35)15-14-20-42-39(41)40(7,8)9/h11-13,16-17,26-27,30-32,34-38H,4-5,10,14-15,18-25H2,1-3,6-9H3/t26-,27-,30-,31+,32+,34-,35+,36-,37-,38+/m1/s1. The molecule has 0 spiro atoms. The fraction of sp³-hybridized carbons (Fsp3) is 0.725. The summed E-state index contributed by atoms with van der Waals surface area (Å²) in [5, 5.41) is 0. The molecule has 10 atom stereocenters. The minimum atomic E-state index is -0.464. The van der Waals surface area contributed by atoms with Crippen molar-refractivity contribution in [3.8, 4) is 0 Å². The number of hydrogen-bond acceptors (Lipinski definition) is 6. The highest BCUT2D eigenvalue weighted by molar-refractivity contribution is 7.99. The lowest BCUT2D eigenvalue weighted by Gasteiger charge is -2.38. The highest BCUT2D eigenvalue weighted by Gasteiger charge is 2.44. The maximum atomic E-state index is 12.0. The van der Waals surface area contributed by atoms with E-state index in [0.29, 0.717) is 36.4 Å². The molecule has 0 unspecified atom stereocenters. The summed E-state index contributed by atoms with van der Waals surface area (Å²) in [5.41, 5.74) is 1.94. The fourth-order valence-electron chi connectivity index (χ4n) is 7.21. The first-order chi connectivity index (χ1) is 21.8. The van der Waals surface area contributed by atoms with Crippen LogP contribution in [-0.4, -0.2) is 55.0 Å². The Balaban J connectivity index is 1.29. The van der Waals surface area contributed by atoms with E-state index in [1.54, 1.807) is 0 Å². The SMILES string of the molecule is C=C1C[C@H](CCCOC(=O)C(C)(C)C)O[C@H]1CC[C@H]1C[C@@H](C)C(=C)[C@@H](C[C@@H]2O[C@H](C[C@H](C)CC)[C@H](C)[C@H]2CSc2ccccc2)O1. The van der Waals surface area contributed by atoms with Gasteiger partial charge in [0.2, 0.25) is 0 Å². The third-order valence-electron chi connectivity index (χ3n) is 10.6. The molecular weight excluding hydrogens is 593 g/mol. The van der Waals surface area contributed by atoms with Crippen LogP contribution in [-0.2, 0) is 23.7 Å². The number of rotatable bonds is 15. The average Bonchev–Trinajstić information content (AvgIpc) is 3.52. The minimum Gasteiger partial charge on any atom is -0.465 e. The van der Waals surface area contributed by atoms with Crippen LogP contribution in [0, 0.1) is 29.1 Å². The van der Waals surface area contributed by atoms with E-state index < -0.39 is 5.41 Å². The number of carbonyl (C=O) groups is 1. The molecule has 3 fully saturated rings. The Labute approximate surface area is 284 Å². The lowest BCUT2D eigenvalue weighted by Crippen LogP contribution is -2.38. The Kier molecular flexibility index (Phi) is 13.9. The average molecular weight is 655 g/mol. The largest absolute Gasteiger partial charge is 0.465 e. The second kappa shape index (κ2) is 17.2. The third-order valence-corrected chi connectivity index (χ3v) is 11.8. The highest BCUT2D eigenvalue weighted by Crippen LogP contribution is 2.43. The molecule has 3 heterocycles. The highest BCUT2D eigenvalue weighted by atomic mass is 32.2. The predicted octanol–water partition coefficient (Wildman–Crippen LogP) is 9.84. The molecular formula is C40H62O5S. The molecule has 0 saturated carbocycles. The number of benzene rings is 1. The fourth-order valence-corrected chi connectivity index (χ4v) is 8.46. The van der Waals surface area contributed by atoms with Crippen molar-refractivity contribution in [1.29, 1.82) is 0 Å². The van der Waals surface area contributed by atoms with Crippen LogP contribution in [0.3, 0.4) is 0 Å². The molecule has 1 aromatic rings. The van der Waals surface area contributed by atoms with Gasteiger partial charge in [0.05, 0.1) is 48.6 Å². The molecule has 258 valence electrons. The molecule has 0 aliphatic carbocycles. The number of carbonyl (C=O) groups excluding carboxylic acids is 1. The van der Waals surface area contributed by atoms with Crippen molar-refractivity contribution in [2.45, 2.75) is 148 Å². The lowest BCUT2D eigenvalue weighted by molar-refractivity contribution is -0.153. The van der Waals surface area contributed by atoms with Crippen LogP contribution in [0.15, 0.2) is 59.5 Å². The smallest absolute Gasteiger partial charge is 0.311 e. The van der Waals surface area contributed by atoms with Crippen molar-refractivity contribution < 1.29 is 23.7 Å². The second-order valence-electron chi connectivity index (χ2n) is 15.5. The zero-order valence-electron chi connectivity index (χ0n) is 29.8. The van der Waals surface area contributed by atoms with Crippen LogP contribution in [0.25, 0.3) is 0 Å². The van der Waals surface area contributed by atoms with E-state index in [-0.39, 0.29) is 36.5 Å². The summed E-state index contributed by atoms with van der Waals surface area (Å²) in [7, 11) is 0. The van der Waals surface area contributed by atoms with Gasteiger partial charge in [0.15, 0.2) is 0 Å². The van der Waals surface area contributed by atoms with Gasteiger partial charge < -0.3 is 18.9 Å². The first kappa shape index (κ1) is 37.2. The Morgan fingerprint density at radius 3 is 2.41 bits per heavy atom. The van der Waals surface area contributed by atoms with Gasteiger partial charge in [0.1, 0.15) is 0 Å². The van der Waals surface area contributed by atoms with Crippen LogP contribution < -0.4 is 0 Å². The van der Waals surface area contributed by atoms with Crippen molar-refractivity contribution in [2.24, 2.45) is 29.1 Å². The van der Waals surface area contributed by atoms with E-state index in [1.165, 1.54) is 22.5 Å². The van der Waals surface area contributed by atoms with Gasteiger partial charge in [-0.25, -0.2) is 0 Å². The molecule has 0 bridgehead atoms. The van der Waals surface area contributed by atoms with Gasteiger partial charge in [0, 0.05) is 17.1 Å². The van der Waals surface area contributed by atoms with E-state index >= 15 is 0 Å². The molecule has 0 aromatic heterocycles. The molecule has 5 nitrogen and oxygen atoms in total. The maximum Gasteiger partial charge on any atom is 0.311 e. The number of hydrogen-bond donors (Lipinski definition) is 0. The first-order valence-electron chi connectivity index (χ1n) is 18.0. The summed E-state index contributed by atoms with van der Waals surface area (Å²) in [5.74, 6) is 3.00. The van der Waals surface area contributed by atoms with E-state index in [4.69, 9.17) is 18.9 Å². The van der Waals surface area contributed by atoms with Gasteiger partial charge in [-0.05, 0) is 113 Å². The number of esters is 1. The Bertz CT molecular complexity index is 1130. The Morgan fingerprint density at radius 1 is 1.00 bits per heavy atom. The molecule has 3 aliphatic rings. The van der Waals surface area contributed by atoms with E-state index in [2.05, 4.69) is 71.2 Å². The lowest BCUT2D eigenvalue weighted by atomic mass is 9.81. The molecule has 3 aliphatic heterocycles. The van der Waals surface area contributed by atoms with Crippen molar-refractivity contribution in [3.63, 3.8) is 0 Å². The molecule has 1 aromatic carbocycles. The van der Waals surface area contributed by atoms with Crippen LogP contribution in [0.1, 0.15) is 106 Å². The summed E-state index contributed by atoms with van der Waals surface area (Å²) in [6.07, 6.45) is 9.57. The van der Waals surface area contributed by atoms with Crippen molar-refractivity contribution in [1.82, 2.24) is 0 Å². The summed E-state index contributed by atoms with van der Waals surface area (Å²) in [6.45, 7) is 24.3. The molecule has 6 heteroatoms. The van der Waals surface area contributed by atoms with Gasteiger partial charge in [-0.1, -0.05) is 65.5 Å². The molecule has 0 radical (unpaired) electrons. The van der Waals surface area contributed by atoms with Gasteiger partial charge in [0.25, 0.3) is 0 Å². The molecule has 0 N–H and O–H groups in total. The topological polar surface area (TPSA) is 54.0 Å². The molecule has 3 saturated heterocycles. The Hall–Kier alpha value is -1.60. The summed E-state index contributed by atoms with van der Waals surface area (Å²) in [6, 6.07) is 10.8. The zero-order chi connectivity index (χ0) is 33.4. The molecule has 0 amide bonds. The second-order valence-corrected chi connectivity index (χ2v) is 16.6. The Morgan fingerprint density at radius 2 is 1.72 bits per heavy atom. The first-order valence-corrected chi connectivity index (χ1v) is 19.0. The number of thioether (sulfide) groups is 1. The van der Waals surface area contributed by atoms with Crippen LogP contribution in [0.5, 0.6) is 0 Å². The molecule has 46 heavy (non-hydrogen) atoms. The number of ether oxygens (including phenoxy) is 4. The monoisotopic (exact) mass is 654 g/mol. The van der Waals surface area contributed by atoms with E-state index in [0.717, 1.165) is 57.1 Å². The maximum absolute atomic E-state index is 12.0.